The maximum atomic E-state index is 13.9. The van der Waals surface area contributed by atoms with Gasteiger partial charge in [-0.25, -0.2) is 9.78 Å². The quantitative estimate of drug-likeness (QED) is 0.274. The van der Waals surface area contributed by atoms with Gasteiger partial charge in [0.2, 0.25) is 0 Å². The lowest BCUT2D eigenvalue weighted by molar-refractivity contribution is -0.137. The maximum Gasteiger partial charge on any atom is 0.417 e. The second-order valence-corrected chi connectivity index (χ2v) is 10.1. The van der Waals surface area contributed by atoms with Crippen molar-refractivity contribution in [2.45, 2.75) is 32.6 Å². The maximum absolute atomic E-state index is 13.9. The minimum atomic E-state index is -4.74. The molecule has 0 bridgehead atoms. The summed E-state index contributed by atoms with van der Waals surface area (Å²) in [6.07, 6.45) is 1.30. The van der Waals surface area contributed by atoms with E-state index in [1.54, 1.807) is 18.2 Å². The molecule has 0 aliphatic carbocycles. The van der Waals surface area contributed by atoms with Gasteiger partial charge >= 0.3 is 12.2 Å². The zero-order valence-corrected chi connectivity index (χ0v) is 22.4. The van der Waals surface area contributed by atoms with E-state index in [0.29, 0.717) is 42.7 Å². The Labute approximate surface area is 234 Å². The summed E-state index contributed by atoms with van der Waals surface area (Å²) in [6.45, 7) is 3.82. The first-order valence-corrected chi connectivity index (χ1v) is 13.0. The average Bonchev–Trinajstić information content (AvgIpc) is 3.24. The van der Waals surface area contributed by atoms with Crippen LogP contribution in [0.2, 0.25) is 5.15 Å². The Kier molecular flexibility index (Phi) is 7.66. The number of fused-ring (bicyclic) bond motifs is 3. The highest BCUT2D eigenvalue weighted by molar-refractivity contribution is 6.29. The van der Waals surface area contributed by atoms with Crippen LogP contribution in [0, 0.1) is 18.3 Å². The van der Waals surface area contributed by atoms with Gasteiger partial charge < -0.3 is 5.32 Å². The number of halogens is 4. The predicted molar refractivity (Wildman–Crippen MR) is 148 cm³/mol. The van der Waals surface area contributed by atoms with Crippen molar-refractivity contribution in [1.82, 2.24) is 19.8 Å². The van der Waals surface area contributed by atoms with E-state index in [4.69, 9.17) is 11.6 Å². The molecule has 6 nitrogen and oxygen atoms in total. The first-order chi connectivity index (χ1) is 19.1. The molecule has 2 aromatic carbocycles. The predicted octanol–water partition coefficient (Wildman–Crippen LogP) is 6.72. The molecule has 0 saturated heterocycles. The number of nitriles is 1. The van der Waals surface area contributed by atoms with Crippen molar-refractivity contribution < 1.29 is 18.0 Å². The van der Waals surface area contributed by atoms with Gasteiger partial charge in [0.1, 0.15) is 5.15 Å². The SMILES string of the molecule is Cc1ccc(/C=C/CN2CCc3c(c4cc(C#N)c(C(F)(F)F)cc4n3C(=O)NCc3ccnc(Cl)c3)C2)cc1. The van der Waals surface area contributed by atoms with Crippen LogP contribution in [0.4, 0.5) is 18.0 Å². The van der Waals surface area contributed by atoms with E-state index in [1.165, 1.54) is 22.4 Å². The summed E-state index contributed by atoms with van der Waals surface area (Å²) in [5.41, 5.74) is 2.93. The molecule has 0 radical (unpaired) electrons. The number of carbonyl (C=O) groups is 1. The van der Waals surface area contributed by atoms with Gasteiger partial charge in [0.25, 0.3) is 0 Å². The standard InChI is InChI=1S/C30H25ClF3N5O/c1-19-4-6-20(7-5-19)3-2-11-38-12-9-26-24(18-38)23-14-22(16-35)25(30(32,33)34)15-27(23)39(26)29(40)37-17-21-8-10-36-28(31)13-21/h2-8,10,13-15H,9,11-12,17-18H2,1H3,(H,37,40)/b3-2+. The van der Waals surface area contributed by atoms with E-state index in [0.717, 1.165) is 17.2 Å². The van der Waals surface area contributed by atoms with Crippen LogP contribution in [0.15, 0.2) is 60.8 Å². The number of hydrogen-bond acceptors (Lipinski definition) is 4. The molecule has 0 saturated carbocycles. The van der Waals surface area contributed by atoms with Gasteiger partial charge in [0, 0.05) is 49.9 Å². The molecule has 204 valence electrons. The Morgan fingerprint density at radius 2 is 1.98 bits per heavy atom. The molecule has 0 unspecified atom stereocenters. The molecular weight excluding hydrogens is 539 g/mol. The first kappa shape index (κ1) is 27.4. The number of benzene rings is 2. The second-order valence-electron chi connectivity index (χ2n) is 9.73. The number of nitrogens with zero attached hydrogens (tertiary/aromatic N) is 4. The first-order valence-electron chi connectivity index (χ1n) is 12.7. The Hall–Kier alpha value is -4.13. The van der Waals surface area contributed by atoms with Crippen LogP contribution < -0.4 is 5.32 Å². The molecule has 1 aliphatic rings. The molecule has 0 atom stereocenters. The van der Waals surface area contributed by atoms with Crippen molar-refractivity contribution in [3.8, 4) is 6.07 Å². The lowest BCUT2D eigenvalue weighted by Crippen LogP contribution is -2.34. The molecule has 0 fully saturated rings. The van der Waals surface area contributed by atoms with Gasteiger partial charge in [-0.1, -0.05) is 53.6 Å². The fraction of sp³-hybridized carbons (Fsp3) is 0.233. The third-order valence-corrected chi connectivity index (χ3v) is 7.19. The number of hydrogen-bond donors (Lipinski definition) is 1. The largest absolute Gasteiger partial charge is 0.417 e. The van der Waals surface area contributed by atoms with Crippen LogP contribution in [-0.2, 0) is 25.7 Å². The van der Waals surface area contributed by atoms with Crippen LogP contribution in [0.5, 0.6) is 0 Å². The minimum Gasteiger partial charge on any atom is -0.333 e. The summed E-state index contributed by atoms with van der Waals surface area (Å²) in [6, 6.07) is 14.8. The minimum absolute atomic E-state index is 0.119. The molecule has 5 rings (SSSR count). The molecule has 4 aromatic rings. The van der Waals surface area contributed by atoms with E-state index in [-0.39, 0.29) is 17.2 Å². The van der Waals surface area contributed by atoms with Crippen LogP contribution >= 0.6 is 11.6 Å². The number of amides is 1. The number of nitrogens with one attached hydrogen (secondary N) is 1. The van der Waals surface area contributed by atoms with Gasteiger partial charge in [-0.2, -0.15) is 18.4 Å². The fourth-order valence-corrected chi connectivity index (χ4v) is 5.19. The van der Waals surface area contributed by atoms with Crippen molar-refractivity contribution in [1.29, 1.82) is 5.26 Å². The third kappa shape index (κ3) is 5.74. The van der Waals surface area contributed by atoms with Gasteiger partial charge in [-0.3, -0.25) is 9.47 Å². The highest BCUT2D eigenvalue weighted by Gasteiger charge is 2.36. The van der Waals surface area contributed by atoms with Gasteiger partial charge in [0.05, 0.1) is 22.7 Å². The highest BCUT2D eigenvalue weighted by atomic mass is 35.5. The molecular formula is C30H25ClF3N5O. The van der Waals surface area contributed by atoms with Crippen molar-refractivity contribution >= 4 is 34.6 Å². The number of aryl methyl sites for hydroxylation is 1. The van der Waals surface area contributed by atoms with Crippen LogP contribution in [0.25, 0.3) is 17.0 Å². The van der Waals surface area contributed by atoms with Crippen molar-refractivity contribution in [2.75, 3.05) is 13.1 Å². The van der Waals surface area contributed by atoms with Gasteiger partial charge in [-0.05, 0) is 47.9 Å². The summed E-state index contributed by atoms with van der Waals surface area (Å²) in [7, 11) is 0. The number of rotatable bonds is 5. The molecule has 1 N–H and O–H groups in total. The van der Waals surface area contributed by atoms with E-state index >= 15 is 0 Å². The highest BCUT2D eigenvalue weighted by Crippen LogP contribution is 2.38. The average molecular weight is 564 g/mol. The smallest absolute Gasteiger partial charge is 0.333 e. The lowest BCUT2D eigenvalue weighted by atomic mass is 10.00. The Morgan fingerprint density at radius 3 is 2.67 bits per heavy atom. The van der Waals surface area contributed by atoms with Crippen molar-refractivity contribution in [3.63, 3.8) is 0 Å². The number of alkyl halides is 3. The monoisotopic (exact) mass is 563 g/mol. The zero-order valence-electron chi connectivity index (χ0n) is 21.6. The molecule has 3 heterocycles. The van der Waals surface area contributed by atoms with E-state index in [2.05, 4.69) is 15.2 Å². The molecule has 2 aromatic heterocycles. The van der Waals surface area contributed by atoms with Crippen molar-refractivity contribution in [2.24, 2.45) is 0 Å². The molecule has 40 heavy (non-hydrogen) atoms. The summed E-state index contributed by atoms with van der Waals surface area (Å²) in [5, 5.41) is 13.0. The normalized spacial score (nSPS) is 13.9. The van der Waals surface area contributed by atoms with Crippen LogP contribution in [0.1, 0.15) is 39.1 Å². The van der Waals surface area contributed by atoms with Crippen LogP contribution in [0.3, 0.4) is 0 Å². The molecule has 1 amide bonds. The Balaban J connectivity index is 1.49. The van der Waals surface area contributed by atoms with E-state index in [1.807, 2.05) is 43.3 Å². The van der Waals surface area contributed by atoms with Crippen molar-refractivity contribution in [3.05, 3.63) is 105 Å². The second kappa shape index (κ2) is 11.2. The Morgan fingerprint density at radius 1 is 1.20 bits per heavy atom. The van der Waals surface area contributed by atoms with E-state index in [9.17, 15) is 23.2 Å². The summed E-state index contributed by atoms with van der Waals surface area (Å²) < 4.78 is 42.9. The number of pyridine rings is 1. The lowest BCUT2D eigenvalue weighted by Gasteiger charge is -2.27. The summed E-state index contributed by atoms with van der Waals surface area (Å²) in [5.74, 6) is 0. The number of carbonyl (C=O) groups excluding carboxylic acids is 1. The number of aromatic nitrogens is 2. The molecule has 0 spiro atoms. The summed E-state index contributed by atoms with van der Waals surface area (Å²) in [4.78, 5) is 19.5. The summed E-state index contributed by atoms with van der Waals surface area (Å²) >= 11 is 5.94. The third-order valence-electron chi connectivity index (χ3n) is 6.98. The fourth-order valence-electron chi connectivity index (χ4n) is 5.00. The molecule has 10 heteroatoms. The van der Waals surface area contributed by atoms with Gasteiger partial charge in [-0.15, -0.1) is 0 Å². The van der Waals surface area contributed by atoms with E-state index < -0.39 is 23.3 Å². The van der Waals surface area contributed by atoms with Gasteiger partial charge in [0.15, 0.2) is 0 Å². The topological polar surface area (TPSA) is 74.0 Å². The van der Waals surface area contributed by atoms with Crippen LogP contribution in [-0.4, -0.2) is 33.6 Å². The Bertz CT molecular complexity index is 1650. The zero-order chi connectivity index (χ0) is 28.4. The molecule has 1 aliphatic heterocycles.